The molecule has 0 aromatic heterocycles. The molecule has 0 aliphatic carbocycles. The molecular formula is C21H23F3N2O3. The minimum atomic E-state index is -4.59. The Kier molecular flexibility index (Phi) is 7.64. The Morgan fingerprint density at radius 2 is 1.72 bits per heavy atom. The molecule has 2 rings (SSSR count). The summed E-state index contributed by atoms with van der Waals surface area (Å²) >= 11 is 0. The monoisotopic (exact) mass is 408 g/mol. The molecule has 1 N–H and O–H groups in total. The van der Waals surface area contributed by atoms with Crippen molar-refractivity contribution in [2.45, 2.75) is 26.4 Å². The lowest BCUT2D eigenvalue weighted by atomic mass is 10.1. The number of anilines is 1. The van der Waals surface area contributed by atoms with Gasteiger partial charge in [-0.05, 0) is 37.6 Å². The van der Waals surface area contributed by atoms with Crippen LogP contribution in [0.25, 0.3) is 0 Å². The maximum absolute atomic E-state index is 13.0. The third-order valence-corrected chi connectivity index (χ3v) is 4.24. The number of hydrogen-bond acceptors (Lipinski definition) is 3. The predicted molar refractivity (Wildman–Crippen MR) is 104 cm³/mol. The van der Waals surface area contributed by atoms with E-state index < -0.39 is 17.6 Å². The van der Waals surface area contributed by atoms with Gasteiger partial charge in [-0.25, -0.2) is 0 Å². The van der Waals surface area contributed by atoms with Crippen LogP contribution in [-0.4, -0.2) is 36.4 Å². The molecule has 0 fully saturated rings. The number of likely N-dealkylation sites (N-methyl/N-ethyl adjacent to an activating group) is 1. The van der Waals surface area contributed by atoms with Gasteiger partial charge in [0.05, 0.1) is 30.8 Å². The van der Waals surface area contributed by atoms with E-state index in [2.05, 4.69) is 5.32 Å². The normalized spacial score (nSPS) is 11.1. The number of carbonyl (C=O) groups is 2. The van der Waals surface area contributed by atoms with Gasteiger partial charge < -0.3 is 15.0 Å². The standard InChI is InChI=1S/C21H23F3N2O3/c1-3-26(20(28)12-13-29-18-11-7-4-8-15(18)2)14-19(27)25-17-10-6-5-9-16(17)21(22,23)24/h4-11H,3,12-14H2,1-2H3,(H,25,27). The molecule has 2 amide bonds. The SMILES string of the molecule is CCN(CC(=O)Nc1ccccc1C(F)(F)F)C(=O)CCOc1ccccc1C. The van der Waals surface area contributed by atoms with Crippen LogP contribution in [0.2, 0.25) is 0 Å². The van der Waals surface area contributed by atoms with Gasteiger partial charge in [-0.1, -0.05) is 30.3 Å². The largest absolute Gasteiger partial charge is 0.493 e. The van der Waals surface area contributed by atoms with Crippen LogP contribution in [0.3, 0.4) is 0 Å². The first-order valence-electron chi connectivity index (χ1n) is 9.14. The van der Waals surface area contributed by atoms with Crippen molar-refractivity contribution in [3.8, 4) is 5.75 Å². The lowest BCUT2D eigenvalue weighted by Crippen LogP contribution is -2.38. The van der Waals surface area contributed by atoms with E-state index in [1.54, 1.807) is 13.0 Å². The van der Waals surface area contributed by atoms with E-state index in [1.165, 1.54) is 23.1 Å². The van der Waals surface area contributed by atoms with Crippen molar-refractivity contribution in [2.24, 2.45) is 0 Å². The zero-order chi connectivity index (χ0) is 21.4. The second-order valence-corrected chi connectivity index (χ2v) is 6.36. The third-order valence-electron chi connectivity index (χ3n) is 4.24. The fourth-order valence-corrected chi connectivity index (χ4v) is 2.70. The topological polar surface area (TPSA) is 58.6 Å². The Morgan fingerprint density at radius 1 is 1.07 bits per heavy atom. The summed E-state index contributed by atoms with van der Waals surface area (Å²) in [7, 11) is 0. The Morgan fingerprint density at radius 3 is 2.38 bits per heavy atom. The lowest BCUT2D eigenvalue weighted by molar-refractivity contribution is -0.137. The van der Waals surface area contributed by atoms with Crippen LogP contribution >= 0.6 is 0 Å². The van der Waals surface area contributed by atoms with Crippen molar-refractivity contribution in [3.05, 3.63) is 59.7 Å². The zero-order valence-corrected chi connectivity index (χ0v) is 16.3. The van der Waals surface area contributed by atoms with Gasteiger partial charge in [0.2, 0.25) is 11.8 Å². The Bertz CT molecular complexity index is 853. The molecule has 0 unspecified atom stereocenters. The number of benzene rings is 2. The number of nitrogens with zero attached hydrogens (tertiary/aromatic N) is 1. The van der Waals surface area contributed by atoms with Gasteiger partial charge in [0.25, 0.3) is 0 Å². The van der Waals surface area contributed by atoms with Crippen LogP contribution in [-0.2, 0) is 15.8 Å². The first kappa shape index (κ1) is 22.3. The van der Waals surface area contributed by atoms with Gasteiger partial charge in [-0.3, -0.25) is 9.59 Å². The molecule has 0 heterocycles. The van der Waals surface area contributed by atoms with Crippen LogP contribution < -0.4 is 10.1 Å². The van der Waals surface area contributed by atoms with E-state index >= 15 is 0 Å². The van der Waals surface area contributed by atoms with Crippen molar-refractivity contribution in [2.75, 3.05) is 25.0 Å². The predicted octanol–water partition coefficient (Wildman–Crippen LogP) is 4.27. The smallest absolute Gasteiger partial charge is 0.418 e. The number of rotatable bonds is 8. The molecule has 0 saturated carbocycles. The number of ether oxygens (including phenoxy) is 1. The van der Waals surface area contributed by atoms with Crippen LogP contribution in [0.5, 0.6) is 5.75 Å². The van der Waals surface area contributed by atoms with Crippen LogP contribution in [0.4, 0.5) is 18.9 Å². The number of hydrogen-bond donors (Lipinski definition) is 1. The quantitative estimate of drug-likeness (QED) is 0.710. The van der Waals surface area contributed by atoms with Gasteiger partial charge >= 0.3 is 6.18 Å². The summed E-state index contributed by atoms with van der Waals surface area (Å²) in [6.07, 6.45) is -4.54. The number of amides is 2. The zero-order valence-electron chi connectivity index (χ0n) is 16.3. The maximum Gasteiger partial charge on any atom is 0.418 e. The molecule has 0 radical (unpaired) electrons. The van der Waals surface area contributed by atoms with Gasteiger partial charge in [-0.2, -0.15) is 13.2 Å². The van der Waals surface area contributed by atoms with Crippen LogP contribution in [0.1, 0.15) is 24.5 Å². The molecule has 0 atom stereocenters. The second kappa shape index (κ2) is 9.95. The first-order valence-corrected chi connectivity index (χ1v) is 9.14. The van der Waals surface area contributed by atoms with Gasteiger partial charge in [0.1, 0.15) is 5.75 Å². The van der Waals surface area contributed by atoms with E-state index in [1.807, 2.05) is 25.1 Å². The minimum Gasteiger partial charge on any atom is -0.493 e. The minimum absolute atomic E-state index is 0.0502. The summed E-state index contributed by atoms with van der Waals surface area (Å²) in [5, 5.41) is 2.24. The second-order valence-electron chi connectivity index (χ2n) is 6.36. The van der Waals surface area contributed by atoms with Crippen LogP contribution in [0.15, 0.2) is 48.5 Å². The van der Waals surface area contributed by atoms with Crippen LogP contribution in [0, 0.1) is 6.92 Å². The van der Waals surface area contributed by atoms with Crippen molar-refractivity contribution in [3.63, 3.8) is 0 Å². The van der Waals surface area contributed by atoms with Gasteiger partial charge in [0.15, 0.2) is 0 Å². The summed E-state index contributed by atoms with van der Waals surface area (Å²) in [6.45, 7) is 3.62. The van der Waals surface area contributed by atoms with E-state index in [9.17, 15) is 22.8 Å². The first-order chi connectivity index (χ1) is 13.7. The van der Waals surface area contributed by atoms with Crippen molar-refractivity contribution >= 4 is 17.5 Å². The highest BCUT2D eigenvalue weighted by Gasteiger charge is 2.33. The van der Waals surface area contributed by atoms with Gasteiger partial charge in [-0.15, -0.1) is 0 Å². The molecule has 0 bridgehead atoms. The molecular weight excluding hydrogens is 385 g/mol. The Labute approximate surface area is 167 Å². The molecule has 156 valence electrons. The van der Waals surface area contributed by atoms with Gasteiger partial charge in [0, 0.05) is 6.54 Å². The van der Waals surface area contributed by atoms with Crippen molar-refractivity contribution < 1.29 is 27.5 Å². The molecule has 0 aliphatic rings. The summed E-state index contributed by atoms with van der Waals surface area (Å²) in [6, 6.07) is 12.1. The highest BCUT2D eigenvalue weighted by molar-refractivity contribution is 5.95. The fourth-order valence-electron chi connectivity index (χ4n) is 2.70. The van der Waals surface area contributed by atoms with Crippen molar-refractivity contribution in [1.29, 1.82) is 0 Å². The summed E-state index contributed by atoms with van der Waals surface area (Å²) in [5.41, 5.74) is -0.333. The Balaban J connectivity index is 1.91. The maximum atomic E-state index is 13.0. The molecule has 5 nitrogen and oxygen atoms in total. The van der Waals surface area contributed by atoms with E-state index in [0.29, 0.717) is 5.75 Å². The highest BCUT2D eigenvalue weighted by atomic mass is 19.4. The molecule has 8 heteroatoms. The lowest BCUT2D eigenvalue weighted by Gasteiger charge is -2.21. The molecule has 2 aromatic rings. The number of halogens is 3. The van der Waals surface area contributed by atoms with E-state index in [4.69, 9.17) is 4.74 Å². The number of alkyl halides is 3. The number of para-hydroxylation sites is 2. The average molecular weight is 408 g/mol. The number of aryl methyl sites for hydroxylation is 1. The average Bonchev–Trinajstić information content (AvgIpc) is 2.67. The van der Waals surface area contributed by atoms with E-state index in [0.717, 1.165) is 11.6 Å². The molecule has 0 spiro atoms. The summed E-state index contributed by atoms with van der Waals surface area (Å²) in [4.78, 5) is 25.8. The summed E-state index contributed by atoms with van der Waals surface area (Å²) < 4.78 is 44.7. The molecule has 2 aromatic carbocycles. The molecule has 0 aliphatic heterocycles. The van der Waals surface area contributed by atoms with E-state index in [-0.39, 0.29) is 37.7 Å². The third kappa shape index (κ3) is 6.51. The fraction of sp³-hybridized carbons (Fsp3) is 0.333. The molecule has 0 saturated heterocycles. The highest BCUT2D eigenvalue weighted by Crippen LogP contribution is 2.34. The Hall–Kier alpha value is -3.03. The summed E-state index contributed by atoms with van der Waals surface area (Å²) in [5.74, 6) is -0.345. The number of nitrogens with one attached hydrogen (secondary N) is 1. The number of carbonyl (C=O) groups excluding carboxylic acids is 2. The van der Waals surface area contributed by atoms with Crippen molar-refractivity contribution in [1.82, 2.24) is 4.90 Å². The molecule has 29 heavy (non-hydrogen) atoms.